The Morgan fingerprint density at radius 3 is 2.40 bits per heavy atom. The summed E-state index contributed by atoms with van der Waals surface area (Å²) >= 11 is 0. The number of rotatable bonds is 4. The van der Waals surface area contributed by atoms with E-state index in [2.05, 4.69) is 10.2 Å². The van der Waals surface area contributed by atoms with Crippen molar-refractivity contribution in [2.24, 2.45) is 0 Å². The van der Waals surface area contributed by atoms with Crippen LogP contribution in [0.15, 0.2) is 29.2 Å². The highest BCUT2D eigenvalue weighted by molar-refractivity contribution is 7.92. The van der Waals surface area contributed by atoms with Crippen LogP contribution < -0.4 is 5.32 Å². The maximum Gasteiger partial charge on any atom is 0.501 e. The van der Waals surface area contributed by atoms with Gasteiger partial charge in [0.25, 0.3) is 9.84 Å². The quantitative estimate of drug-likeness (QED) is 0.873. The van der Waals surface area contributed by atoms with Crippen molar-refractivity contribution in [1.29, 1.82) is 0 Å². The molecule has 140 valence electrons. The van der Waals surface area contributed by atoms with Crippen LogP contribution in [0.5, 0.6) is 0 Å². The fourth-order valence-electron chi connectivity index (χ4n) is 3.38. The number of nitrogens with zero attached hydrogens (tertiary/aromatic N) is 1. The summed E-state index contributed by atoms with van der Waals surface area (Å²) in [6.45, 7) is 3.13. The lowest BCUT2D eigenvalue weighted by atomic mass is 10.0. The van der Waals surface area contributed by atoms with E-state index in [1.54, 1.807) is 0 Å². The SMILES string of the molecule is O=S(=O)(c1ccccc1NC1CCN(C2CCOC2)CC1)C(F)(F)F. The highest BCUT2D eigenvalue weighted by atomic mass is 32.2. The smallest absolute Gasteiger partial charge is 0.381 e. The summed E-state index contributed by atoms with van der Waals surface area (Å²) in [5, 5.41) is 3.00. The van der Waals surface area contributed by atoms with Gasteiger partial charge in [0, 0.05) is 31.8 Å². The Morgan fingerprint density at radius 2 is 1.80 bits per heavy atom. The molecule has 0 aliphatic carbocycles. The number of piperidine rings is 1. The maximum atomic E-state index is 12.9. The van der Waals surface area contributed by atoms with Crippen LogP contribution in [-0.4, -0.2) is 57.2 Å². The Hall–Kier alpha value is -1.32. The van der Waals surface area contributed by atoms with Crippen molar-refractivity contribution >= 4 is 15.5 Å². The summed E-state index contributed by atoms with van der Waals surface area (Å²) in [5.41, 5.74) is -5.29. The summed E-state index contributed by atoms with van der Waals surface area (Å²) in [4.78, 5) is 1.62. The van der Waals surface area contributed by atoms with Gasteiger partial charge in [0.05, 0.1) is 17.2 Å². The van der Waals surface area contributed by atoms with Gasteiger partial charge in [0.2, 0.25) is 0 Å². The molecular weight excluding hydrogens is 357 g/mol. The van der Waals surface area contributed by atoms with Crippen LogP contribution in [0, 0.1) is 0 Å². The molecule has 2 aliphatic rings. The molecule has 0 aromatic heterocycles. The van der Waals surface area contributed by atoms with E-state index in [0.717, 1.165) is 51.6 Å². The standard InChI is InChI=1S/C16H21F3N2O3S/c17-16(18,19)25(22,23)15-4-2-1-3-14(15)20-12-5-8-21(9-6-12)13-7-10-24-11-13/h1-4,12-13,20H,5-11H2. The molecule has 2 fully saturated rings. The van der Waals surface area contributed by atoms with E-state index in [1.807, 2.05) is 0 Å². The third kappa shape index (κ3) is 3.93. The molecule has 2 saturated heterocycles. The first-order valence-electron chi connectivity index (χ1n) is 8.28. The molecule has 5 nitrogen and oxygen atoms in total. The highest BCUT2D eigenvalue weighted by Crippen LogP contribution is 2.35. The number of sulfone groups is 1. The second-order valence-electron chi connectivity index (χ2n) is 6.42. The molecule has 1 aromatic rings. The van der Waals surface area contributed by atoms with Crippen LogP contribution in [0.4, 0.5) is 18.9 Å². The molecule has 0 saturated carbocycles. The van der Waals surface area contributed by atoms with Crippen molar-refractivity contribution in [3.63, 3.8) is 0 Å². The minimum Gasteiger partial charge on any atom is -0.381 e. The van der Waals surface area contributed by atoms with Gasteiger partial charge in [-0.3, -0.25) is 4.90 Å². The van der Waals surface area contributed by atoms with Gasteiger partial charge in [-0.05, 0) is 31.4 Å². The molecule has 1 aromatic carbocycles. The predicted octanol–water partition coefficient (Wildman–Crippen LogP) is 2.65. The molecule has 0 radical (unpaired) electrons. The zero-order valence-corrected chi connectivity index (χ0v) is 14.4. The molecule has 0 bridgehead atoms. The van der Waals surface area contributed by atoms with Gasteiger partial charge >= 0.3 is 5.51 Å². The number of nitrogens with one attached hydrogen (secondary N) is 1. The number of likely N-dealkylation sites (tertiary alicyclic amines) is 1. The number of halogens is 3. The Morgan fingerprint density at radius 1 is 1.12 bits per heavy atom. The molecule has 1 unspecified atom stereocenters. The van der Waals surface area contributed by atoms with Gasteiger partial charge in [-0.1, -0.05) is 12.1 Å². The Balaban J connectivity index is 1.68. The summed E-state index contributed by atoms with van der Waals surface area (Å²) < 4.78 is 67.5. The average Bonchev–Trinajstić information content (AvgIpc) is 3.09. The number of para-hydroxylation sites is 1. The zero-order valence-electron chi connectivity index (χ0n) is 13.6. The van der Waals surface area contributed by atoms with Crippen molar-refractivity contribution in [2.75, 3.05) is 31.6 Å². The summed E-state index contributed by atoms with van der Waals surface area (Å²) in [7, 11) is -5.37. The van der Waals surface area contributed by atoms with Crippen molar-refractivity contribution < 1.29 is 26.3 Å². The summed E-state index contributed by atoms with van der Waals surface area (Å²) in [6.07, 6.45) is 2.50. The van der Waals surface area contributed by atoms with Crippen LogP contribution in [-0.2, 0) is 14.6 Å². The first-order chi connectivity index (χ1) is 11.8. The monoisotopic (exact) mass is 378 g/mol. The molecule has 9 heteroatoms. The van der Waals surface area contributed by atoms with Gasteiger partial charge in [-0.25, -0.2) is 8.42 Å². The van der Waals surface area contributed by atoms with E-state index in [4.69, 9.17) is 4.74 Å². The lowest BCUT2D eigenvalue weighted by molar-refractivity contribution is -0.0435. The van der Waals surface area contributed by atoms with Crippen LogP contribution in [0.3, 0.4) is 0 Å². The second kappa shape index (κ2) is 7.13. The first-order valence-corrected chi connectivity index (χ1v) is 9.76. The zero-order chi connectivity index (χ0) is 18.1. The van der Waals surface area contributed by atoms with Crippen LogP contribution in [0.2, 0.25) is 0 Å². The molecule has 0 amide bonds. The number of anilines is 1. The largest absolute Gasteiger partial charge is 0.501 e. The Labute approximate surface area is 145 Å². The van der Waals surface area contributed by atoms with E-state index >= 15 is 0 Å². The average molecular weight is 378 g/mol. The maximum absolute atomic E-state index is 12.9. The van der Waals surface area contributed by atoms with E-state index in [9.17, 15) is 21.6 Å². The third-order valence-corrected chi connectivity index (χ3v) is 6.34. The van der Waals surface area contributed by atoms with Crippen molar-refractivity contribution in [2.45, 2.75) is 41.7 Å². The molecule has 25 heavy (non-hydrogen) atoms. The minimum atomic E-state index is -5.37. The highest BCUT2D eigenvalue weighted by Gasteiger charge is 2.48. The van der Waals surface area contributed by atoms with Crippen LogP contribution in [0.1, 0.15) is 19.3 Å². The number of alkyl halides is 3. The minimum absolute atomic E-state index is 0.0162. The van der Waals surface area contributed by atoms with Gasteiger partial charge < -0.3 is 10.1 Å². The van der Waals surface area contributed by atoms with Crippen LogP contribution >= 0.6 is 0 Å². The second-order valence-corrected chi connectivity index (χ2v) is 8.33. The van der Waals surface area contributed by atoms with E-state index in [1.165, 1.54) is 18.2 Å². The molecule has 2 heterocycles. The number of ether oxygens (including phenoxy) is 1. The number of hydrogen-bond donors (Lipinski definition) is 1. The third-order valence-electron chi connectivity index (χ3n) is 4.79. The van der Waals surface area contributed by atoms with Crippen molar-refractivity contribution in [1.82, 2.24) is 4.90 Å². The number of hydrogen-bond acceptors (Lipinski definition) is 5. The molecule has 0 spiro atoms. The topological polar surface area (TPSA) is 58.6 Å². The fourth-order valence-corrected chi connectivity index (χ4v) is 4.31. The Bertz CT molecular complexity index is 695. The molecular formula is C16H21F3N2O3S. The summed E-state index contributed by atoms with van der Waals surface area (Å²) in [5.74, 6) is 0. The summed E-state index contributed by atoms with van der Waals surface area (Å²) in [6, 6.07) is 5.57. The van der Waals surface area contributed by atoms with Gasteiger partial charge in [0.1, 0.15) is 0 Å². The molecule has 3 rings (SSSR count). The Kier molecular flexibility index (Phi) is 5.26. The van der Waals surface area contributed by atoms with Crippen LogP contribution in [0.25, 0.3) is 0 Å². The van der Waals surface area contributed by atoms with E-state index in [0.29, 0.717) is 6.04 Å². The van der Waals surface area contributed by atoms with E-state index < -0.39 is 20.2 Å². The number of benzene rings is 1. The molecule has 1 atom stereocenters. The fraction of sp³-hybridized carbons (Fsp3) is 0.625. The first kappa shape index (κ1) is 18.5. The van der Waals surface area contributed by atoms with Gasteiger partial charge in [-0.2, -0.15) is 13.2 Å². The lowest BCUT2D eigenvalue weighted by Gasteiger charge is -2.36. The molecule has 2 aliphatic heterocycles. The van der Waals surface area contributed by atoms with Crippen molar-refractivity contribution in [3.05, 3.63) is 24.3 Å². The normalized spacial score (nSPS) is 23.7. The molecule has 1 N–H and O–H groups in total. The lowest BCUT2D eigenvalue weighted by Crippen LogP contribution is -2.45. The van der Waals surface area contributed by atoms with Gasteiger partial charge in [-0.15, -0.1) is 0 Å². The van der Waals surface area contributed by atoms with E-state index in [-0.39, 0.29) is 11.7 Å². The van der Waals surface area contributed by atoms with Gasteiger partial charge in [0.15, 0.2) is 0 Å². The predicted molar refractivity (Wildman–Crippen MR) is 87.1 cm³/mol. The van der Waals surface area contributed by atoms with Crippen molar-refractivity contribution in [3.8, 4) is 0 Å².